The van der Waals surface area contributed by atoms with Gasteiger partial charge in [-0.05, 0) is 29.7 Å². The number of halogens is 2. The SMILES string of the molecule is O=c1[nH]c(-c2cc(F)c(F)cc2B(O)O)nc2ccccc12. The van der Waals surface area contributed by atoms with Crippen LogP contribution in [0.3, 0.4) is 0 Å². The fourth-order valence-corrected chi connectivity index (χ4v) is 2.19. The minimum absolute atomic E-state index is 0.0781. The molecule has 0 saturated carbocycles. The number of fused-ring (bicyclic) bond motifs is 1. The number of aromatic nitrogens is 2. The van der Waals surface area contributed by atoms with Crippen molar-refractivity contribution >= 4 is 23.5 Å². The van der Waals surface area contributed by atoms with Gasteiger partial charge in [0.25, 0.3) is 5.56 Å². The van der Waals surface area contributed by atoms with Crippen LogP contribution >= 0.6 is 0 Å². The number of hydrogen-bond acceptors (Lipinski definition) is 4. The Kier molecular flexibility index (Phi) is 3.47. The van der Waals surface area contributed by atoms with Gasteiger partial charge in [-0.1, -0.05) is 12.1 Å². The Morgan fingerprint density at radius 3 is 2.50 bits per heavy atom. The monoisotopic (exact) mass is 302 g/mol. The molecule has 0 aliphatic heterocycles. The molecule has 0 fully saturated rings. The normalized spacial score (nSPS) is 10.9. The largest absolute Gasteiger partial charge is 0.489 e. The number of nitrogens with zero attached hydrogens (tertiary/aromatic N) is 1. The molecule has 2 aromatic carbocycles. The van der Waals surface area contributed by atoms with Gasteiger partial charge in [-0.25, -0.2) is 13.8 Å². The van der Waals surface area contributed by atoms with Gasteiger partial charge in [0.15, 0.2) is 11.6 Å². The zero-order valence-electron chi connectivity index (χ0n) is 11.0. The quantitative estimate of drug-likeness (QED) is 0.603. The summed E-state index contributed by atoms with van der Waals surface area (Å²) in [5.74, 6) is -2.49. The maximum absolute atomic E-state index is 13.5. The van der Waals surface area contributed by atoms with Crippen LogP contribution in [0.1, 0.15) is 0 Å². The van der Waals surface area contributed by atoms with E-state index in [-0.39, 0.29) is 16.9 Å². The predicted octanol–water partition coefficient (Wildman–Crippen LogP) is 0.548. The first-order valence-corrected chi connectivity index (χ1v) is 6.32. The summed E-state index contributed by atoms with van der Waals surface area (Å²) in [6, 6.07) is 7.91. The van der Waals surface area contributed by atoms with Gasteiger partial charge < -0.3 is 15.0 Å². The summed E-state index contributed by atoms with van der Waals surface area (Å²) < 4.78 is 26.7. The zero-order chi connectivity index (χ0) is 15.9. The van der Waals surface area contributed by atoms with Crippen LogP contribution in [0.25, 0.3) is 22.3 Å². The van der Waals surface area contributed by atoms with E-state index in [9.17, 15) is 23.6 Å². The Morgan fingerprint density at radius 1 is 1.09 bits per heavy atom. The first-order chi connectivity index (χ1) is 10.5. The van der Waals surface area contributed by atoms with Crippen LogP contribution < -0.4 is 11.0 Å². The number of aromatic amines is 1. The minimum atomic E-state index is -2.04. The highest BCUT2D eigenvalue weighted by atomic mass is 19.2. The van der Waals surface area contributed by atoms with Crippen molar-refractivity contribution < 1.29 is 18.8 Å². The van der Waals surface area contributed by atoms with Crippen molar-refractivity contribution in [2.24, 2.45) is 0 Å². The lowest BCUT2D eigenvalue weighted by atomic mass is 9.76. The van der Waals surface area contributed by atoms with Crippen molar-refractivity contribution in [3.8, 4) is 11.4 Å². The summed E-state index contributed by atoms with van der Waals surface area (Å²) >= 11 is 0. The van der Waals surface area contributed by atoms with Gasteiger partial charge in [-0.15, -0.1) is 0 Å². The maximum atomic E-state index is 13.5. The van der Waals surface area contributed by atoms with Gasteiger partial charge in [0.2, 0.25) is 0 Å². The molecule has 0 radical (unpaired) electrons. The van der Waals surface area contributed by atoms with Crippen LogP contribution in [0.15, 0.2) is 41.2 Å². The van der Waals surface area contributed by atoms with Gasteiger partial charge in [-0.3, -0.25) is 4.79 Å². The second-order valence-corrected chi connectivity index (χ2v) is 4.66. The number of rotatable bonds is 2. The van der Waals surface area contributed by atoms with E-state index in [2.05, 4.69) is 9.97 Å². The topological polar surface area (TPSA) is 86.2 Å². The third kappa shape index (κ3) is 2.38. The van der Waals surface area contributed by atoms with Crippen molar-refractivity contribution in [3.05, 3.63) is 58.4 Å². The molecule has 1 aromatic heterocycles. The van der Waals surface area contributed by atoms with E-state index in [0.717, 1.165) is 6.07 Å². The molecule has 0 amide bonds. The van der Waals surface area contributed by atoms with Crippen LogP contribution in [0.2, 0.25) is 0 Å². The first kappa shape index (κ1) is 14.4. The zero-order valence-corrected chi connectivity index (χ0v) is 11.0. The van der Waals surface area contributed by atoms with Crippen molar-refractivity contribution in [3.63, 3.8) is 0 Å². The standard InChI is InChI=1S/C14H9BF2N2O3/c16-10-5-8(9(15(21)22)6-11(10)17)13-18-12-4-2-1-3-7(12)14(20)19-13/h1-6,21-22H,(H,18,19,20). The van der Waals surface area contributed by atoms with Gasteiger partial charge in [0, 0.05) is 5.56 Å². The van der Waals surface area contributed by atoms with Gasteiger partial charge in [0.05, 0.1) is 10.9 Å². The minimum Gasteiger partial charge on any atom is -0.423 e. The summed E-state index contributed by atoms with van der Waals surface area (Å²) in [5.41, 5.74) is -0.512. The highest BCUT2D eigenvalue weighted by Crippen LogP contribution is 2.18. The van der Waals surface area contributed by atoms with Crippen molar-refractivity contribution in [2.45, 2.75) is 0 Å². The lowest BCUT2D eigenvalue weighted by Crippen LogP contribution is -2.33. The number of H-pyrrole nitrogens is 1. The van der Waals surface area contributed by atoms with Crippen LogP contribution in [-0.4, -0.2) is 27.1 Å². The van der Waals surface area contributed by atoms with E-state index >= 15 is 0 Å². The van der Waals surface area contributed by atoms with Gasteiger partial charge in [0.1, 0.15) is 5.82 Å². The third-order valence-electron chi connectivity index (χ3n) is 3.24. The molecule has 0 aliphatic carbocycles. The second-order valence-electron chi connectivity index (χ2n) is 4.66. The van der Waals surface area contributed by atoms with Crippen LogP contribution in [0.5, 0.6) is 0 Å². The molecular weight excluding hydrogens is 293 g/mol. The fourth-order valence-electron chi connectivity index (χ4n) is 2.19. The van der Waals surface area contributed by atoms with Crippen LogP contribution in [-0.2, 0) is 0 Å². The summed E-state index contributed by atoms with van der Waals surface area (Å²) in [6.07, 6.45) is 0. The Labute approximate surface area is 123 Å². The second kappa shape index (κ2) is 5.32. The van der Waals surface area contributed by atoms with Gasteiger partial charge >= 0.3 is 7.12 Å². The molecular formula is C14H9BF2N2O3. The lowest BCUT2D eigenvalue weighted by molar-refractivity contribution is 0.425. The molecule has 0 atom stereocenters. The first-order valence-electron chi connectivity index (χ1n) is 6.32. The molecule has 8 heteroatoms. The summed E-state index contributed by atoms with van der Waals surface area (Å²) in [6.45, 7) is 0. The van der Waals surface area contributed by atoms with Crippen molar-refractivity contribution in [2.75, 3.05) is 0 Å². The predicted molar refractivity (Wildman–Crippen MR) is 77.5 cm³/mol. The molecule has 3 aromatic rings. The number of benzene rings is 2. The van der Waals surface area contributed by atoms with Crippen molar-refractivity contribution in [1.29, 1.82) is 0 Å². The Hall–Kier alpha value is -2.58. The fraction of sp³-hybridized carbons (Fsp3) is 0. The molecule has 0 bridgehead atoms. The lowest BCUT2D eigenvalue weighted by Gasteiger charge is -2.10. The Bertz CT molecular complexity index is 928. The Morgan fingerprint density at radius 2 is 1.77 bits per heavy atom. The average Bonchev–Trinajstić information content (AvgIpc) is 2.49. The molecule has 3 rings (SSSR count). The smallest absolute Gasteiger partial charge is 0.423 e. The van der Waals surface area contributed by atoms with E-state index < -0.39 is 24.3 Å². The summed E-state index contributed by atoms with van der Waals surface area (Å²) in [7, 11) is -2.04. The number of hydrogen-bond donors (Lipinski definition) is 3. The van der Waals surface area contributed by atoms with E-state index in [4.69, 9.17) is 0 Å². The molecule has 110 valence electrons. The maximum Gasteiger partial charge on any atom is 0.489 e. The molecule has 0 saturated heterocycles. The van der Waals surface area contributed by atoms with Gasteiger partial charge in [-0.2, -0.15) is 0 Å². The number of para-hydroxylation sites is 1. The number of nitrogens with one attached hydrogen (secondary N) is 1. The summed E-state index contributed by atoms with van der Waals surface area (Å²) in [4.78, 5) is 18.6. The molecule has 1 heterocycles. The van der Waals surface area contributed by atoms with E-state index in [1.165, 1.54) is 0 Å². The van der Waals surface area contributed by atoms with Crippen LogP contribution in [0, 0.1) is 11.6 Å². The van der Waals surface area contributed by atoms with E-state index in [1.807, 2.05) is 0 Å². The highest BCUT2D eigenvalue weighted by Gasteiger charge is 2.22. The molecule has 5 nitrogen and oxygen atoms in total. The molecule has 0 unspecified atom stereocenters. The molecule has 0 spiro atoms. The summed E-state index contributed by atoms with van der Waals surface area (Å²) in [5, 5.41) is 19.0. The highest BCUT2D eigenvalue weighted by molar-refractivity contribution is 6.60. The average molecular weight is 302 g/mol. The molecule has 22 heavy (non-hydrogen) atoms. The molecule has 0 aliphatic rings. The van der Waals surface area contributed by atoms with Crippen LogP contribution in [0.4, 0.5) is 8.78 Å². The Balaban J connectivity index is 2.32. The third-order valence-corrected chi connectivity index (χ3v) is 3.24. The van der Waals surface area contributed by atoms with Crippen molar-refractivity contribution in [1.82, 2.24) is 9.97 Å². The van der Waals surface area contributed by atoms with E-state index in [0.29, 0.717) is 17.0 Å². The van der Waals surface area contributed by atoms with E-state index in [1.54, 1.807) is 24.3 Å². The molecule has 3 N–H and O–H groups in total.